The van der Waals surface area contributed by atoms with Crippen molar-refractivity contribution in [1.82, 2.24) is 9.80 Å². The Balaban J connectivity index is 1.95. The van der Waals surface area contributed by atoms with Crippen molar-refractivity contribution in [2.45, 2.75) is 45.8 Å². The van der Waals surface area contributed by atoms with Crippen LogP contribution in [-0.4, -0.2) is 52.6 Å². The fourth-order valence-corrected chi connectivity index (χ4v) is 3.31. The molecule has 0 bridgehead atoms. The van der Waals surface area contributed by atoms with Crippen LogP contribution in [0.15, 0.2) is 30.3 Å². The van der Waals surface area contributed by atoms with Crippen molar-refractivity contribution in [3.63, 3.8) is 0 Å². The summed E-state index contributed by atoms with van der Waals surface area (Å²) >= 11 is 0. The Morgan fingerprint density at radius 2 is 2.04 bits per heavy atom. The smallest absolute Gasteiger partial charge is 0.227 e. The Kier molecular flexibility index (Phi) is 6.19. The fraction of sp³-hybridized carbons (Fsp3) is 0.632. The summed E-state index contributed by atoms with van der Waals surface area (Å²) in [7, 11) is 0. The molecular formula is C19H30N2O2. The number of likely N-dealkylation sites (N-methyl/N-ethyl adjacent to an activating group) is 1. The molecule has 1 N–H and O–H groups in total. The van der Waals surface area contributed by atoms with Gasteiger partial charge in [-0.2, -0.15) is 0 Å². The molecule has 2 rings (SSSR count). The van der Waals surface area contributed by atoms with Gasteiger partial charge in [-0.3, -0.25) is 9.69 Å². The Hall–Kier alpha value is -1.39. The number of hydrogen-bond acceptors (Lipinski definition) is 3. The minimum Gasteiger partial charge on any atom is -0.389 e. The van der Waals surface area contributed by atoms with Crippen LogP contribution in [0.25, 0.3) is 0 Å². The van der Waals surface area contributed by atoms with Gasteiger partial charge in [0.05, 0.1) is 11.5 Å². The lowest BCUT2D eigenvalue weighted by Gasteiger charge is -2.36. The molecule has 1 atom stereocenters. The van der Waals surface area contributed by atoms with Gasteiger partial charge in [-0.25, -0.2) is 0 Å². The average Bonchev–Trinajstić information content (AvgIpc) is 2.52. The van der Waals surface area contributed by atoms with E-state index in [0.29, 0.717) is 13.1 Å². The van der Waals surface area contributed by atoms with Gasteiger partial charge in [-0.15, -0.1) is 0 Å². The summed E-state index contributed by atoms with van der Waals surface area (Å²) in [6.07, 6.45) is 2.01. The summed E-state index contributed by atoms with van der Waals surface area (Å²) in [5.74, 6) is 0.238. The van der Waals surface area contributed by atoms with Crippen LogP contribution in [-0.2, 0) is 11.3 Å². The molecule has 0 saturated carbocycles. The van der Waals surface area contributed by atoms with Crippen LogP contribution in [0.1, 0.15) is 39.2 Å². The summed E-state index contributed by atoms with van der Waals surface area (Å²) < 4.78 is 0. The largest absolute Gasteiger partial charge is 0.389 e. The monoisotopic (exact) mass is 318 g/mol. The maximum atomic E-state index is 12.8. The molecular weight excluding hydrogens is 288 g/mol. The number of piperidine rings is 1. The van der Waals surface area contributed by atoms with Gasteiger partial charge in [0.2, 0.25) is 5.91 Å². The van der Waals surface area contributed by atoms with Gasteiger partial charge < -0.3 is 10.0 Å². The molecule has 1 saturated heterocycles. The first-order chi connectivity index (χ1) is 10.9. The summed E-state index contributed by atoms with van der Waals surface area (Å²) in [5.41, 5.74) is 0.453. The lowest BCUT2D eigenvalue weighted by atomic mass is 9.95. The zero-order chi connectivity index (χ0) is 16.9. The van der Waals surface area contributed by atoms with E-state index in [1.807, 2.05) is 13.0 Å². The zero-order valence-electron chi connectivity index (χ0n) is 14.7. The van der Waals surface area contributed by atoms with E-state index in [-0.39, 0.29) is 11.8 Å². The second-order valence-corrected chi connectivity index (χ2v) is 7.22. The van der Waals surface area contributed by atoms with Crippen molar-refractivity contribution in [2.24, 2.45) is 5.92 Å². The molecule has 1 aromatic carbocycles. The topological polar surface area (TPSA) is 43.8 Å². The zero-order valence-corrected chi connectivity index (χ0v) is 14.7. The third-order valence-electron chi connectivity index (χ3n) is 4.37. The maximum absolute atomic E-state index is 12.8. The summed E-state index contributed by atoms with van der Waals surface area (Å²) in [5, 5.41) is 10.0. The van der Waals surface area contributed by atoms with E-state index in [0.717, 1.165) is 32.5 Å². The number of amides is 1. The van der Waals surface area contributed by atoms with Crippen molar-refractivity contribution in [3.8, 4) is 0 Å². The van der Waals surface area contributed by atoms with E-state index in [4.69, 9.17) is 0 Å². The number of likely N-dealkylation sites (tertiary alicyclic amines) is 1. The number of hydrogen-bond donors (Lipinski definition) is 1. The van der Waals surface area contributed by atoms with Crippen molar-refractivity contribution in [1.29, 1.82) is 0 Å². The maximum Gasteiger partial charge on any atom is 0.227 e. The third-order valence-corrected chi connectivity index (χ3v) is 4.37. The molecule has 1 unspecified atom stereocenters. The van der Waals surface area contributed by atoms with Gasteiger partial charge in [0, 0.05) is 26.2 Å². The average molecular weight is 318 g/mol. The second kappa shape index (κ2) is 7.93. The predicted octanol–water partition coefficient (Wildman–Crippen LogP) is 2.52. The third kappa shape index (κ3) is 5.63. The van der Waals surface area contributed by atoms with Gasteiger partial charge in [0.1, 0.15) is 0 Å². The molecule has 23 heavy (non-hydrogen) atoms. The molecule has 0 radical (unpaired) electrons. The van der Waals surface area contributed by atoms with Gasteiger partial charge in [-0.05, 0) is 45.7 Å². The lowest BCUT2D eigenvalue weighted by Crippen LogP contribution is -2.48. The Bertz CT molecular complexity index is 496. The number of carbonyl (C=O) groups excluding carboxylic acids is 1. The quantitative estimate of drug-likeness (QED) is 0.876. The fourth-order valence-electron chi connectivity index (χ4n) is 3.31. The number of rotatable bonds is 6. The highest BCUT2D eigenvalue weighted by atomic mass is 16.3. The molecule has 1 amide bonds. The first-order valence-corrected chi connectivity index (χ1v) is 8.66. The molecule has 1 heterocycles. The molecule has 128 valence electrons. The van der Waals surface area contributed by atoms with Gasteiger partial charge in [-0.1, -0.05) is 30.3 Å². The summed E-state index contributed by atoms with van der Waals surface area (Å²) in [6, 6.07) is 10.4. The number of benzene rings is 1. The van der Waals surface area contributed by atoms with E-state index in [1.54, 1.807) is 18.7 Å². The van der Waals surface area contributed by atoms with E-state index in [2.05, 4.69) is 29.2 Å². The molecule has 4 heteroatoms. The summed E-state index contributed by atoms with van der Waals surface area (Å²) in [6.45, 7) is 9.31. The Morgan fingerprint density at radius 1 is 1.35 bits per heavy atom. The Morgan fingerprint density at radius 3 is 2.65 bits per heavy atom. The van der Waals surface area contributed by atoms with Crippen molar-refractivity contribution in [2.75, 3.05) is 26.2 Å². The standard InChI is InChI=1S/C19H30N2O2/c1-4-21(15-19(2,3)23)18(22)17-11-8-12-20(14-17)13-16-9-6-5-7-10-16/h5-7,9-10,17,23H,4,8,11-15H2,1-3H3. The minimum absolute atomic E-state index is 0.0507. The van der Waals surface area contributed by atoms with Crippen LogP contribution in [0.3, 0.4) is 0 Å². The lowest BCUT2D eigenvalue weighted by molar-refractivity contribution is -0.140. The van der Waals surface area contributed by atoms with Crippen LogP contribution in [0.4, 0.5) is 0 Å². The molecule has 1 aliphatic rings. The van der Waals surface area contributed by atoms with E-state index >= 15 is 0 Å². The van der Waals surface area contributed by atoms with Gasteiger partial charge in [0.15, 0.2) is 0 Å². The normalized spacial score (nSPS) is 19.6. The number of carbonyl (C=O) groups is 1. The van der Waals surface area contributed by atoms with Crippen LogP contribution in [0.5, 0.6) is 0 Å². The molecule has 4 nitrogen and oxygen atoms in total. The predicted molar refractivity (Wildman–Crippen MR) is 93.0 cm³/mol. The highest BCUT2D eigenvalue weighted by molar-refractivity contribution is 5.79. The SMILES string of the molecule is CCN(CC(C)(C)O)C(=O)C1CCCN(Cc2ccccc2)C1. The van der Waals surface area contributed by atoms with Crippen LogP contribution in [0, 0.1) is 5.92 Å². The van der Waals surface area contributed by atoms with Crippen LogP contribution < -0.4 is 0 Å². The molecule has 1 fully saturated rings. The highest BCUT2D eigenvalue weighted by Gasteiger charge is 2.30. The first kappa shape index (κ1) is 18.0. The van der Waals surface area contributed by atoms with E-state index < -0.39 is 5.60 Å². The van der Waals surface area contributed by atoms with Gasteiger partial charge in [0.25, 0.3) is 0 Å². The van der Waals surface area contributed by atoms with Crippen LogP contribution >= 0.6 is 0 Å². The summed E-state index contributed by atoms with van der Waals surface area (Å²) in [4.78, 5) is 17.0. The number of aliphatic hydroxyl groups is 1. The molecule has 1 aromatic rings. The first-order valence-electron chi connectivity index (χ1n) is 8.66. The van der Waals surface area contributed by atoms with E-state index in [1.165, 1.54) is 5.56 Å². The highest BCUT2D eigenvalue weighted by Crippen LogP contribution is 2.21. The molecule has 0 aliphatic carbocycles. The number of nitrogens with zero attached hydrogens (tertiary/aromatic N) is 2. The van der Waals surface area contributed by atoms with E-state index in [9.17, 15) is 9.90 Å². The molecule has 0 aromatic heterocycles. The molecule has 1 aliphatic heterocycles. The second-order valence-electron chi connectivity index (χ2n) is 7.22. The van der Waals surface area contributed by atoms with Crippen molar-refractivity contribution < 1.29 is 9.90 Å². The van der Waals surface area contributed by atoms with Gasteiger partial charge >= 0.3 is 0 Å². The van der Waals surface area contributed by atoms with Crippen molar-refractivity contribution >= 4 is 5.91 Å². The van der Waals surface area contributed by atoms with Crippen LogP contribution in [0.2, 0.25) is 0 Å². The molecule has 0 spiro atoms. The minimum atomic E-state index is -0.843. The Labute approximate surface area is 140 Å². The van der Waals surface area contributed by atoms with Crippen molar-refractivity contribution in [3.05, 3.63) is 35.9 Å².